The molecule has 2 amide bonds. The van der Waals surface area contributed by atoms with Gasteiger partial charge in [0, 0.05) is 30.8 Å². The summed E-state index contributed by atoms with van der Waals surface area (Å²) in [5, 5.41) is 24.4. The first kappa shape index (κ1) is 17.3. The number of nitrogens with one attached hydrogen (secondary N) is 1. The summed E-state index contributed by atoms with van der Waals surface area (Å²) in [5.74, 6) is -0.936. The van der Waals surface area contributed by atoms with Crippen LogP contribution in [-0.4, -0.2) is 44.6 Å². The lowest BCUT2D eigenvalue weighted by Crippen LogP contribution is -2.34. The molecule has 1 aliphatic rings. The van der Waals surface area contributed by atoms with E-state index < -0.39 is 24.3 Å². The van der Waals surface area contributed by atoms with Gasteiger partial charge in [-0.15, -0.1) is 0 Å². The number of hydrogen-bond acceptors (Lipinski definition) is 7. The average Bonchev–Trinajstić information content (AvgIpc) is 2.92. The predicted octanol–water partition coefficient (Wildman–Crippen LogP) is 1.14. The van der Waals surface area contributed by atoms with Gasteiger partial charge in [0.25, 0.3) is 11.8 Å². The molecule has 2 atom stereocenters. The molecule has 2 aromatic rings. The Balaban J connectivity index is 1.53. The number of aliphatic hydroxyl groups excluding tert-OH is 2. The van der Waals surface area contributed by atoms with Gasteiger partial charge in [0.05, 0.1) is 11.2 Å². The van der Waals surface area contributed by atoms with Crippen LogP contribution in [0.15, 0.2) is 36.5 Å². The highest BCUT2D eigenvalue weighted by molar-refractivity contribution is 6.00. The summed E-state index contributed by atoms with van der Waals surface area (Å²) in [4.78, 5) is 32.1. The lowest BCUT2D eigenvalue weighted by atomic mass is 10.2. The molecule has 2 heterocycles. The smallest absolute Gasteiger partial charge is 0.254 e. The van der Waals surface area contributed by atoms with Crippen LogP contribution in [-0.2, 0) is 14.4 Å². The summed E-state index contributed by atoms with van der Waals surface area (Å²) in [5.41, 5.74) is 1.40. The highest BCUT2D eigenvalue weighted by atomic mass is 16.8. The fraction of sp³-hybridized carbons (Fsp3) is 0.353. The molecular weight excluding hydrogens is 326 g/mol. The third-order valence-electron chi connectivity index (χ3n) is 3.87. The fourth-order valence-electron chi connectivity index (χ4n) is 2.62. The van der Waals surface area contributed by atoms with Gasteiger partial charge in [-0.25, -0.2) is 4.84 Å². The molecular formula is C17H19N3O5. The summed E-state index contributed by atoms with van der Waals surface area (Å²) >= 11 is 0. The Hall–Kier alpha value is -2.55. The Labute approximate surface area is 144 Å². The topological polar surface area (TPSA) is 112 Å². The van der Waals surface area contributed by atoms with Crippen molar-refractivity contribution in [3.8, 4) is 0 Å². The number of aromatic nitrogens is 1. The number of imide groups is 1. The first-order valence-corrected chi connectivity index (χ1v) is 8.03. The summed E-state index contributed by atoms with van der Waals surface area (Å²) in [6.07, 6.45) is -0.261. The average molecular weight is 345 g/mol. The van der Waals surface area contributed by atoms with Gasteiger partial charge in [-0.3, -0.25) is 14.6 Å². The number of aliphatic hydroxyl groups is 2. The van der Waals surface area contributed by atoms with E-state index in [1.165, 1.54) is 0 Å². The number of hydroxylamine groups is 2. The van der Waals surface area contributed by atoms with Crippen LogP contribution in [0.5, 0.6) is 0 Å². The minimum Gasteiger partial charge on any atom is -0.374 e. The van der Waals surface area contributed by atoms with E-state index in [4.69, 9.17) is 4.84 Å². The molecule has 3 N–H and O–H groups in total. The molecule has 25 heavy (non-hydrogen) atoms. The van der Waals surface area contributed by atoms with Crippen molar-refractivity contribution in [2.75, 3.05) is 5.32 Å². The molecule has 132 valence electrons. The highest BCUT2D eigenvalue weighted by Gasteiger charge is 2.32. The van der Waals surface area contributed by atoms with Gasteiger partial charge >= 0.3 is 0 Å². The van der Waals surface area contributed by atoms with E-state index in [2.05, 4.69) is 10.3 Å². The summed E-state index contributed by atoms with van der Waals surface area (Å²) in [6.45, 7) is 0. The SMILES string of the molecule is O=C1CCC(=O)N1OC(O)CCC(O)Nc1cccc2cccnc12. The van der Waals surface area contributed by atoms with Crippen LogP contribution in [0.1, 0.15) is 25.7 Å². The van der Waals surface area contributed by atoms with Gasteiger partial charge < -0.3 is 15.5 Å². The van der Waals surface area contributed by atoms with E-state index in [0.717, 1.165) is 10.9 Å². The quantitative estimate of drug-likeness (QED) is 0.510. The van der Waals surface area contributed by atoms with Gasteiger partial charge in [-0.05, 0) is 18.6 Å². The van der Waals surface area contributed by atoms with E-state index in [9.17, 15) is 19.8 Å². The van der Waals surface area contributed by atoms with Crippen LogP contribution in [0.25, 0.3) is 10.9 Å². The van der Waals surface area contributed by atoms with Crippen LogP contribution in [0, 0.1) is 0 Å². The number of pyridine rings is 1. The van der Waals surface area contributed by atoms with Crippen molar-refractivity contribution in [3.05, 3.63) is 36.5 Å². The van der Waals surface area contributed by atoms with Crippen molar-refractivity contribution in [3.63, 3.8) is 0 Å². The molecule has 1 fully saturated rings. The number of anilines is 1. The number of fused-ring (bicyclic) bond motifs is 1. The lowest BCUT2D eigenvalue weighted by molar-refractivity contribution is -0.246. The van der Waals surface area contributed by atoms with Crippen LogP contribution < -0.4 is 5.32 Å². The number of carbonyl (C=O) groups is 2. The molecule has 0 radical (unpaired) electrons. The Kier molecular flexibility index (Phi) is 5.22. The van der Waals surface area contributed by atoms with Gasteiger partial charge in [-0.2, -0.15) is 5.06 Å². The molecule has 0 bridgehead atoms. The van der Waals surface area contributed by atoms with Crippen LogP contribution in [0.4, 0.5) is 5.69 Å². The first-order valence-electron chi connectivity index (χ1n) is 8.03. The summed E-state index contributed by atoms with van der Waals surface area (Å²) in [7, 11) is 0. The molecule has 1 saturated heterocycles. The Bertz CT molecular complexity index is 760. The number of amides is 2. The molecule has 1 aromatic carbocycles. The third-order valence-corrected chi connectivity index (χ3v) is 3.87. The molecule has 2 unspecified atom stereocenters. The zero-order chi connectivity index (χ0) is 17.8. The van der Waals surface area contributed by atoms with Crippen LogP contribution in [0.2, 0.25) is 0 Å². The standard InChI is InChI=1S/C17H19N3O5/c21-13(6-9-16(24)25-20-14(22)7-8-15(20)23)19-12-5-1-3-11-4-2-10-18-17(11)12/h1-5,10,13,16,19,21,24H,6-9H2. The maximum atomic E-state index is 11.4. The van der Waals surface area contributed by atoms with Gasteiger partial charge in [0.2, 0.25) is 0 Å². The molecule has 0 saturated carbocycles. The molecule has 8 heteroatoms. The van der Waals surface area contributed by atoms with Crippen molar-refractivity contribution < 1.29 is 24.6 Å². The molecule has 8 nitrogen and oxygen atoms in total. The van der Waals surface area contributed by atoms with E-state index in [-0.39, 0.29) is 25.7 Å². The second-order valence-corrected chi connectivity index (χ2v) is 5.76. The summed E-state index contributed by atoms with van der Waals surface area (Å²) in [6, 6.07) is 9.31. The Morgan fingerprint density at radius 3 is 2.60 bits per heavy atom. The van der Waals surface area contributed by atoms with Gasteiger partial charge in [0.1, 0.15) is 6.23 Å². The van der Waals surface area contributed by atoms with Crippen molar-refractivity contribution in [1.29, 1.82) is 0 Å². The largest absolute Gasteiger partial charge is 0.374 e. The van der Waals surface area contributed by atoms with E-state index in [1.807, 2.05) is 24.3 Å². The monoisotopic (exact) mass is 345 g/mol. The minimum atomic E-state index is -1.35. The number of para-hydroxylation sites is 1. The number of hydrogen-bond donors (Lipinski definition) is 3. The van der Waals surface area contributed by atoms with Gasteiger partial charge in [0.15, 0.2) is 6.29 Å². The van der Waals surface area contributed by atoms with Crippen molar-refractivity contribution in [2.45, 2.75) is 38.2 Å². The highest BCUT2D eigenvalue weighted by Crippen LogP contribution is 2.22. The maximum absolute atomic E-state index is 11.4. The zero-order valence-corrected chi connectivity index (χ0v) is 13.5. The third kappa shape index (κ3) is 4.11. The first-order chi connectivity index (χ1) is 12.0. The van der Waals surface area contributed by atoms with Crippen molar-refractivity contribution in [1.82, 2.24) is 10.0 Å². The molecule has 0 spiro atoms. The van der Waals surface area contributed by atoms with E-state index >= 15 is 0 Å². The molecule has 0 aliphatic carbocycles. The number of benzene rings is 1. The normalized spacial score (nSPS) is 17.1. The fourth-order valence-corrected chi connectivity index (χ4v) is 2.62. The second kappa shape index (κ2) is 7.56. The summed E-state index contributed by atoms with van der Waals surface area (Å²) < 4.78 is 0. The van der Waals surface area contributed by atoms with Crippen molar-refractivity contribution in [2.24, 2.45) is 0 Å². The predicted molar refractivity (Wildman–Crippen MR) is 88.8 cm³/mol. The Morgan fingerprint density at radius 1 is 1.12 bits per heavy atom. The number of nitrogens with zero attached hydrogens (tertiary/aromatic N) is 2. The van der Waals surface area contributed by atoms with E-state index in [1.54, 1.807) is 12.3 Å². The second-order valence-electron chi connectivity index (χ2n) is 5.76. The van der Waals surface area contributed by atoms with Gasteiger partial charge in [-0.1, -0.05) is 18.2 Å². The number of rotatable bonds is 7. The molecule has 3 rings (SSSR count). The molecule has 1 aliphatic heterocycles. The van der Waals surface area contributed by atoms with Crippen LogP contribution in [0.3, 0.4) is 0 Å². The lowest BCUT2D eigenvalue weighted by Gasteiger charge is -2.20. The Morgan fingerprint density at radius 2 is 1.84 bits per heavy atom. The van der Waals surface area contributed by atoms with Crippen LogP contribution >= 0.6 is 0 Å². The minimum absolute atomic E-state index is 0.0451. The van der Waals surface area contributed by atoms with E-state index in [0.29, 0.717) is 10.8 Å². The van der Waals surface area contributed by atoms with Crippen molar-refractivity contribution >= 4 is 28.4 Å². The maximum Gasteiger partial charge on any atom is 0.254 e. The zero-order valence-electron chi connectivity index (χ0n) is 13.5. The number of carbonyl (C=O) groups excluding carboxylic acids is 2. The molecule has 1 aromatic heterocycles.